The van der Waals surface area contributed by atoms with Crippen molar-refractivity contribution in [1.82, 2.24) is 0 Å². The molecule has 2 rings (SSSR count). The minimum Gasteiger partial charge on any atom is -0.497 e. The number of esters is 1. The van der Waals surface area contributed by atoms with Gasteiger partial charge in [0.25, 0.3) is 0 Å². The van der Waals surface area contributed by atoms with Gasteiger partial charge in [0.2, 0.25) is 10.0 Å². The van der Waals surface area contributed by atoms with Crippen LogP contribution in [0.25, 0.3) is 0 Å². The zero-order valence-electron chi connectivity index (χ0n) is 12.8. The molecule has 0 fully saturated rings. The van der Waals surface area contributed by atoms with E-state index in [1.54, 1.807) is 43.5 Å². The highest BCUT2D eigenvalue weighted by Gasteiger charge is 2.15. The molecule has 0 unspecified atom stereocenters. The lowest BCUT2D eigenvalue weighted by Crippen LogP contribution is -2.14. The molecule has 23 heavy (non-hydrogen) atoms. The van der Waals surface area contributed by atoms with Crippen molar-refractivity contribution in [3.8, 4) is 5.75 Å². The van der Waals surface area contributed by atoms with Crippen molar-refractivity contribution in [3.05, 3.63) is 59.7 Å². The number of ether oxygens (including phenoxy) is 2. The van der Waals surface area contributed by atoms with Crippen molar-refractivity contribution in [1.29, 1.82) is 0 Å². The van der Waals surface area contributed by atoms with Gasteiger partial charge in [-0.1, -0.05) is 24.3 Å². The third-order valence-corrected chi connectivity index (χ3v) is 3.56. The molecule has 7 heteroatoms. The summed E-state index contributed by atoms with van der Waals surface area (Å²) in [6, 6.07) is 13.4. The molecule has 0 bridgehead atoms. The lowest BCUT2D eigenvalue weighted by molar-refractivity contribution is 0.0474. The maximum atomic E-state index is 12.2. The predicted octanol–water partition coefficient (Wildman–Crippen LogP) is 2.42. The lowest BCUT2D eigenvalue weighted by Gasteiger charge is -2.10. The monoisotopic (exact) mass is 335 g/mol. The van der Waals surface area contributed by atoms with Crippen molar-refractivity contribution >= 4 is 21.7 Å². The van der Waals surface area contributed by atoms with Crippen LogP contribution in [0.1, 0.15) is 15.9 Å². The average molecular weight is 335 g/mol. The van der Waals surface area contributed by atoms with Crippen molar-refractivity contribution < 1.29 is 22.7 Å². The van der Waals surface area contributed by atoms with Gasteiger partial charge in [-0.2, -0.15) is 0 Å². The van der Waals surface area contributed by atoms with E-state index in [1.807, 2.05) is 0 Å². The van der Waals surface area contributed by atoms with Crippen LogP contribution in [0, 0.1) is 0 Å². The Bertz CT molecular complexity index is 784. The molecule has 0 aliphatic carbocycles. The Morgan fingerprint density at radius 2 is 1.74 bits per heavy atom. The van der Waals surface area contributed by atoms with Crippen LogP contribution in [0.3, 0.4) is 0 Å². The fourth-order valence-electron chi connectivity index (χ4n) is 1.90. The van der Waals surface area contributed by atoms with Crippen LogP contribution < -0.4 is 9.46 Å². The third kappa shape index (κ3) is 5.00. The van der Waals surface area contributed by atoms with E-state index >= 15 is 0 Å². The molecule has 0 atom stereocenters. The zero-order chi connectivity index (χ0) is 16.9. The van der Waals surface area contributed by atoms with Crippen LogP contribution in [0.2, 0.25) is 0 Å². The van der Waals surface area contributed by atoms with Gasteiger partial charge in [0.1, 0.15) is 12.4 Å². The number of sulfonamides is 1. The van der Waals surface area contributed by atoms with Gasteiger partial charge in [0.05, 0.1) is 24.6 Å². The minimum atomic E-state index is -3.48. The van der Waals surface area contributed by atoms with E-state index in [-0.39, 0.29) is 17.9 Å². The fraction of sp³-hybridized carbons (Fsp3) is 0.188. The van der Waals surface area contributed by atoms with Crippen molar-refractivity contribution in [2.24, 2.45) is 0 Å². The second-order valence-electron chi connectivity index (χ2n) is 4.84. The number of carbonyl (C=O) groups is 1. The summed E-state index contributed by atoms with van der Waals surface area (Å²) in [6.07, 6.45) is 1.02. The number of methoxy groups -OCH3 is 1. The summed E-state index contributed by atoms with van der Waals surface area (Å²) in [6.45, 7) is 0.0794. The highest BCUT2D eigenvalue weighted by molar-refractivity contribution is 7.92. The van der Waals surface area contributed by atoms with E-state index < -0.39 is 16.0 Å². The molecule has 0 aliphatic rings. The fourth-order valence-corrected chi connectivity index (χ4v) is 2.48. The maximum Gasteiger partial charge on any atom is 0.340 e. The first kappa shape index (κ1) is 16.8. The molecule has 6 nitrogen and oxygen atoms in total. The number of hydrogen-bond acceptors (Lipinski definition) is 5. The summed E-state index contributed by atoms with van der Waals surface area (Å²) in [5, 5.41) is 0. The van der Waals surface area contributed by atoms with Crippen LogP contribution in [0.5, 0.6) is 5.75 Å². The molecule has 0 amide bonds. The predicted molar refractivity (Wildman–Crippen MR) is 87.0 cm³/mol. The molecular weight excluding hydrogens is 318 g/mol. The Kier molecular flexibility index (Phi) is 5.23. The standard InChI is InChI=1S/C16H17NO5S/c1-21-13-9-7-12(8-10-13)11-22-16(18)14-5-3-4-6-15(14)17-23(2,19)20/h3-10,17H,11H2,1-2H3. The van der Waals surface area contributed by atoms with Gasteiger partial charge in [-0.25, -0.2) is 13.2 Å². The van der Waals surface area contributed by atoms with Gasteiger partial charge >= 0.3 is 5.97 Å². The van der Waals surface area contributed by atoms with E-state index in [0.717, 1.165) is 11.8 Å². The van der Waals surface area contributed by atoms with Crippen molar-refractivity contribution in [3.63, 3.8) is 0 Å². The SMILES string of the molecule is COc1ccc(COC(=O)c2ccccc2NS(C)(=O)=O)cc1. The molecule has 0 heterocycles. The summed E-state index contributed by atoms with van der Waals surface area (Å²) >= 11 is 0. The molecule has 2 aromatic carbocycles. The molecule has 0 spiro atoms. The van der Waals surface area contributed by atoms with E-state index in [9.17, 15) is 13.2 Å². The Hall–Kier alpha value is -2.54. The molecule has 0 saturated heterocycles. The Morgan fingerprint density at radius 3 is 2.35 bits per heavy atom. The van der Waals surface area contributed by atoms with Crippen LogP contribution in [-0.4, -0.2) is 27.8 Å². The topological polar surface area (TPSA) is 81.7 Å². The number of para-hydroxylation sites is 1. The average Bonchev–Trinajstić information content (AvgIpc) is 2.52. The van der Waals surface area contributed by atoms with Crippen molar-refractivity contribution in [2.75, 3.05) is 18.1 Å². The second kappa shape index (κ2) is 7.15. The Morgan fingerprint density at radius 1 is 1.09 bits per heavy atom. The van der Waals surface area contributed by atoms with Gasteiger partial charge in [-0.05, 0) is 29.8 Å². The second-order valence-corrected chi connectivity index (χ2v) is 6.59. The largest absolute Gasteiger partial charge is 0.497 e. The lowest BCUT2D eigenvalue weighted by atomic mass is 10.2. The number of hydrogen-bond donors (Lipinski definition) is 1. The van der Waals surface area contributed by atoms with Crippen LogP contribution in [0.4, 0.5) is 5.69 Å². The number of anilines is 1. The summed E-state index contributed by atoms with van der Waals surface area (Å²) in [5.74, 6) is 0.107. The Balaban J connectivity index is 2.08. The first-order valence-corrected chi connectivity index (χ1v) is 8.65. The molecule has 2 aromatic rings. The maximum absolute atomic E-state index is 12.2. The van der Waals surface area contributed by atoms with Crippen LogP contribution in [0.15, 0.2) is 48.5 Å². The normalized spacial score (nSPS) is 10.9. The summed E-state index contributed by atoms with van der Waals surface area (Å²) < 4.78 is 35.3. The number of nitrogens with one attached hydrogen (secondary N) is 1. The Labute approximate surface area is 135 Å². The van der Waals surface area contributed by atoms with Gasteiger partial charge < -0.3 is 9.47 Å². The highest BCUT2D eigenvalue weighted by atomic mass is 32.2. The minimum absolute atomic E-state index is 0.0794. The van der Waals surface area contributed by atoms with E-state index in [4.69, 9.17) is 9.47 Å². The van der Waals surface area contributed by atoms with E-state index in [1.165, 1.54) is 12.1 Å². The van der Waals surface area contributed by atoms with Crippen LogP contribution >= 0.6 is 0 Å². The molecule has 1 N–H and O–H groups in total. The third-order valence-electron chi connectivity index (χ3n) is 2.97. The highest BCUT2D eigenvalue weighted by Crippen LogP contribution is 2.18. The van der Waals surface area contributed by atoms with Gasteiger partial charge in [-0.3, -0.25) is 4.72 Å². The smallest absolute Gasteiger partial charge is 0.340 e. The summed E-state index contributed by atoms with van der Waals surface area (Å²) in [4.78, 5) is 12.2. The van der Waals surface area contributed by atoms with E-state index in [2.05, 4.69) is 4.72 Å². The number of carbonyl (C=O) groups excluding carboxylic acids is 1. The quantitative estimate of drug-likeness (QED) is 0.820. The van der Waals surface area contributed by atoms with Crippen molar-refractivity contribution in [2.45, 2.75) is 6.61 Å². The van der Waals surface area contributed by atoms with Gasteiger partial charge in [-0.15, -0.1) is 0 Å². The van der Waals surface area contributed by atoms with Gasteiger partial charge in [0, 0.05) is 0 Å². The zero-order valence-corrected chi connectivity index (χ0v) is 13.6. The van der Waals surface area contributed by atoms with E-state index in [0.29, 0.717) is 5.75 Å². The first-order chi connectivity index (χ1) is 10.9. The van der Waals surface area contributed by atoms with Gasteiger partial charge in [0.15, 0.2) is 0 Å². The van der Waals surface area contributed by atoms with Crippen LogP contribution in [-0.2, 0) is 21.4 Å². The molecular formula is C16H17NO5S. The molecule has 0 aromatic heterocycles. The first-order valence-electron chi connectivity index (χ1n) is 6.76. The summed E-state index contributed by atoms with van der Waals surface area (Å²) in [5.41, 5.74) is 1.15. The molecule has 0 saturated carbocycles. The molecule has 0 aliphatic heterocycles. The summed E-state index contributed by atoms with van der Waals surface area (Å²) in [7, 11) is -1.91. The molecule has 0 radical (unpaired) electrons. The number of benzene rings is 2. The molecule has 122 valence electrons. The number of rotatable bonds is 6.